The molecule has 6 heteroatoms. The SMILES string of the molecule is CCCOc1ccc(/C=C/C(=O)Oc2ccc(C(=O)OCc3ccccc3)cc2)cc1OC. The zero-order chi connectivity index (χ0) is 23.5. The van der Waals surface area contributed by atoms with Crippen molar-refractivity contribution in [3.05, 3.63) is 95.6 Å². The molecule has 0 spiro atoms. The maximum absolute atomic E-state index is 12.2. The van der Waals surface area contributed by atoms with E-state index in [1.165, 1.54) is 6.08 Å². The lowest BCUT2D eigenvalue weighted by Gasteiger charge is -2.10. The highest BCUT2D eigenvalue weighted by Crippen LogP contribution is 2.28. The van der Waals surface area contributed by atoms with Crippen molar-refractivity contribution in [2.45, 2.75) is 20.0 Å². The minimum Gasteiger partial charge on any atom is -0.493 e. The van der Waals surface area contributed by atoms with Crippen molar-refractivity contribution >= 4 is 18.0 Å². The largest absolute Gasteiger partial charge is 0.493 e. The molecule has 0 N–H and O–H groups in total. The number of hydrogen-bond donors (Lipinski definition) is 0. The molecule has 0 unspecified atom stereocenters. The van der Waals surface area contributed by atoms with Crippen LogP contribution in [-0.4, -0.2) is 25.7 Å². The van der Waals surface area contributed by atoms with Crippen LogP contribution >= 0.6 is 0 Å². The molecule has 3 rings (SSSR count). The minimum atomic E-state index is -0.542. The molecule has 0 aliphatic rings. The van der Waals surface area contributed by atoms with Crippen LogP contribution in [0.3, 0.4) is 0 Å². The molecule has 33 heavy (non-hydrogen) atoms. The van der Waals surface area contributed by atoms with E-state index in [9.17, 15) is 9.59 Å². The van der Waals surface area contributed by atoms with Gasteiger partial charge in [-0.15, -0.1) is 0 Å². The quantitative estimate of drug-likeness (QED) is 0.234. The average Bonchev–Trinajstić information content (AvgIpc) is 2.86. The normalized spacial score (nSPS) is 10.6. The molecule has 0 bridgehead atoms. The Morgan fingerprint density at radius 3 is 2.36 bits per heavy atom. The Morgan fingerprint density at radius 2 is 1.67 bits per heavy atom. The van der Waals surface area contributed by atoms with Crippen molar-refractivity contribution in [3.8, 4) is 17.2 Å². The van der Waals surface area contributed by atoms with E-state index in [0.29, 0.717) is 29.4 Å². The Balaban J connectivity index is 1.54. The van der Waals surface area contributed by atoms with Gasteiger partial charge in [0.1, 0.15) is 12.4 Å². The van der Waals surface area contributed by atoms with Gasteiger partial charge in [-0.3, -0.25) is 0 Å². The fourth-order valence-corrected chi connectivity index (χ4v) is 2.90. The Bertz CT molecular complexity index is 1090. The predicted octanol–water partition coefficient (Wildman–Crippen LogP) is 5.46. The molecule has 0 fully saturated rings. The standard InChI is InChI=1S/C27H26O6/c1-3-17-31-24-15-9-20(18-25(24)30-2)10-16-26(28)33-23-13-11-22(12-14-23)27(29)32-19-21-7-5-4-6-8-21/h4-16,18H,3,17,19H2,1-2H3/b16-10+. The first kappa shape index (κ1) is 23.6. The van der Waals surface area contributed by atoms with Gasteiger partial charge in [0.15, 0.2) is 11.5 Å². The van der Waals surface area contributed by atoms with Gasteiger partial charge in [-0.2, -0.15) is 0 Å². The van der Waals surface area contributed by atoms with Gasteiger partial charge in [-0.05, 0) is 60.0 Å². The molecule has 0 radical (unpaired) electrons. The number of esters is 2. The maximum Gasteiger partial charge on any atom is 0.338 e. The number of carbonyl (C=O) groups excluding carboxylic acids is 2. The lowest BCUT2D eigenvalue weighted by molar-refractivity contribution is -0.128. The second-order valence-corrected chi connectivity index (χ2v) is 7.10. The highest BCUT2D eigenvalue weighted by molar-refractivity contribution is 5.90. The lowest BCUT2D eigenvalue weighted by Crippen LogP contribution is -2.06. The highest BCUT2D eigenvalue weighted by atomic mass is 16.5. The summed E-state index contributed by atoms with van der Waals surface area (Å²) in [5, 5.41) is 0. The van der Waals surface area contributed by atoms with Gasteiger partial charge in [0, 0.05) is 6.08 Å². The zero-order valence-electron chi connectivity index (χ0n) is 18.7. The molecule has 0 atom stereocenters. The predicted molar refractivity (Wildman–Crippen MR) is 125 cm³/mol. The van der Waals surface area contributed by atoms with Crippen LogP contribution in [0.2, 0.25) is 0 Å². The van der Waals surface area contributed by atoms with Crippen molar-refractivity contribution in [3.63, 3.8) is 0 Å². The molecule has 0 saturated heterocycles. The summed E-state index contributed by atoms with van der Waals surface area (Å²) in [6.45, 7) is 2.82. The second-order valence-electron chi connectivity index (χ2n) is 7.10. The molecule has 0 aromatic heterocycles. The molecule has 6 nitrogen and oxygen atoms in total. The van der Waals surface area contributed by atoms with E-state index < -0.39 is 11.9 Å². The number of rotatable bonds is 10. The van der Waals surface area contributed by atoms with Crippen LogP contribution in [0.1, 0.15) is 34.8 Å². The Hall–Kier alpha value is -4.06. The van der Waals surface area contributed by atoms with Crippen LogP contribution in [0.25, 0.3) is 6.08 Å². The van der Waals surface area contributed by atoms with Gasteiger partial charge in [0.2, 0.25) is 0 Å². The third-order valence-electron chi connectivity index (χ3n) is 4.58. The monoisotopic (exact) mass is 446 g/mol. The van der Waals surface area contributed by atoms with E-state index in [2.05, 4.69) is 0 Å². The smallest absolute Gasteiger partial charge is 0.338 e. The molecule has 3 aromatic rings. The molecule has 0 aliphatic heterocycles. The third-order valence-corrected chi connectivity index (χ3v) is 4.58. The zero-order valence-corrected chi connectivity index (χ0v) is 18.7. The van der Waals surface area contributed by atoms with E-state index in [4.69, 9.17) is 18.9 Å². The fraction of sp³-hybridized carbons (Fsp3) is 0.185. The molecule has 3 aromatic carbocycles. The van der Waals surface area contributed by atoms with Crippen LogP contribution in [0.4, 0.5) is 0 Å². The second kappa shape index (κ2) is 12.1. The molecule has 0 saturated carbocycles. The van der Waals surface area contributed by atoms with E-state index in [0.717, 1.165) is 17.5 Å². The molecule has 0 amide bonds. The lowest BCUT2D eigenvalue weighted by atomic mass is 10.2. The Kier molecular flexibility index (Phi) is 8.65. The van der Waals surface area contributed by atoms with Gasteiger partial charge in [0.25, 0.3) is 0 Å². The average molecular weight is 446 g/mol. The summed E-state index contributed by atoms with van der Waals surface area (Å²) >= 11 is 0. The molecular formula is C27H26O6. The maximum atomic E-state index is 12.2. The van der Waals surface area contributed by atoms with Gasteiger partial charge in [0.05, 0.1) is 19.3 Å². The minimum absolute atomic E-state index is 0.192. The van der Waals surface area contributed by atoms with Crippen LogP contribution in [-0.2, 0) is 16.1 Å². The van der Waals surface area contributed by atoms with E-state index in [1.54, 1.807) is 49.6 Å². The Labute approximate surface area is 193 Å². The van der Waals surface area contributed by atoms with Crippen molar-refractivity contribution in [2.24, 2.45) is 0 Å². The topological polar surface area (TPSA) is 71.1 Å². The summed E-state index contributed by atoms with van der Waals surface area (Å²) in [6, 6.07) is 21.1. The molecular weight excluding hydrogens is 420 g/mol. The first-order valence-corrected chi connectivity index (χ1v) is 10.6. The van der Waals surface area contributed by atoms with Crippen LogP contribution in [0.5, 0.6) is 17.2 Å². The number of ether oxygens (including phenoxy) is 4. The summed E-state index contributed by atoms with van der Waals surface area (Å²) in [4.78, 5) is 24.4. The summed E-state index contributed by atoms with van der Waals surface area (Å²) in [5.41, 5.74) is 2.05. The van der Waals surface area contributed by atoms with Gasteiger partial charge >= 0.3 is 11.9 Å². The number of carbonyl (C=O) groups is 2. The van der Waals surface area contributed by atoms with Gasteiger partial charge in [-0.1, -0.05) is 43.3 Å². The molecule has 0 aliphatic carbocycles. The number of methoxy groups -OCH3 is 1. The van der Waals surface area contributed by atoms with Gasteiger partial charge in [-0.25, -0.2) is 9.59 Å². The fourth-order valence-electron chi connectivity index (χ4n) is 2.90. The number of hydrogen-bond acceptors (Lipinski definition) is 6. The first-order chi connectivity index (χ1) is 16.1. The van der Waals surface area contributed by atoms with Crippen LogP contribution in [0, 0.1) is 0 Å². The van der Waals surface area contributed by atoms with Gasteiger partial charge < -0.3 is 18.9 Å². The summed E-state index contributed by atoms with van der Waals surface area (Å²) in [7, 11) is 1.57. The van der Waals surface area contributed by atoms with Crippen molar-refractivity contribution in [1.82, 2.24) is 0 Å². The Morgan fingerprint density at radius 1 is 0.909 bits per heavy atom. The third kappa shape index (κ3) is 7.25. The number of benzene rings is 3. The van der Waals surface area contributed by atoms with E-state index >= 15 is 0 Å². The molecule has 170 valence electrons. The van der Waals surface area contributed by atoms with E-state index in [1.807, 2.05) is 43.3 Å². The summed E-state index contributed by atoms with van der Waals surface area (Å²) < 4.78 is 21.6. The summed E-state index contributed by atoms with van der Waals surface area (Å²) in [5.74, 6) is 0.580. The summed E-state index contributed by atoms with van der Waals surface area (Å²) in [6.07, 6.45) is 3.85. The van der Waals surface area contributed by atoms with Crippen molar-refractivity contribution in [1.29, 1.82) is 0 Å². The highest BCUT2D eigenvalue weighted by Gasteiger charge is 2.09. The van der Waals surface area contributed by atoms with Crippen LogP contribution in [0.15, 0.2) is 78.9 Å². The van der Waals surface area contributed by atoms with Crippen molar-refractivity contribution in [2.75, 3.05) is 13.7 Å². The molecule has 0 heterocycles. The van der Waals surface area contributed by atoms with Crippen molar-refractivity contribution < 1.29 is 28.5 Å². The first-order valence-electron chi connectivity index (χ1n) is 10.6. The van der Waals surface area contributed by atoms with E-state index in [-0.39, 0.29) is 6.61 Å². The van der Waals surface area contributed by atoms with Crippen LogP contribution < -0.4 is 14.2 Å².